The second-order valence-electron chi connectivity index (χ2n) is 12.1. The van der Waals surface area contributed by atoms with Crippen LogP contribution in [-0.2, 0) is 4.79 Å². The minimum atomic E-state index is -0.687. The van der Waals surface area contributed by atoms with E-state index in [4.69, 9.17) is 0 Å². The lowest BCUT2D eigenvalue weighted by Gasteiger charge is -2.53. The van der Waals surface area contributed by atoms with Gasteiger partial charge in [-0.05, 0) is 74.0 Å². The molecule has 3 rings (SSSR count). The number of hydrogen-bond acceptors (Lipinski definition) is 3. The number of fused-ring (bicyclic) bond motifs is 1. The predicted octanol–water partition coefficient (Wildman–Crippen LogP) is 6.55. The summed E-state index contributed by atoms with van der Waals surface area (Å²) < 4.78 is 0. The Hall–Kier alpha value is -0.610. The molecular formula is C28H52N2O2. The van der Waals surface area contributed by atoms with E-state index in [1.807, 2.05) is 0 Å². The van der Waals surface area contributed by atoms with Gasteiger partial charge in [0.05, 0.1) is 12.7 Å². The average molecular weight is 449 g/mol. The third-order valence-corrected chi connectivity index (χ3v) is 8.97. The molecule has 0 aromatic heterocycles. The smallest absolute Gasteiger partial charge is 0.317 e. The van der Waals surface area contributed by atoms with Gasteiger partial charge in [0, 0.05) is 12.6 Å². The van der Waals surface area contributed by atoms with E-state index in [9.17, 15) is 9.90 Å². The van der Waals surface area contributed by atoms with Crippen LogP contribution in [0, 0.1) is 35.5 Å². The van der Waals surface area contributed by atoms with Crippen LogP contribution >= 0.6 is 0 Å². The van der Waals surface area contributed by atoms with Gasteiger partial charge in [0.15, 0.2) is 0 Å². The third-order valence-electron chi connectivity index (χ3n) is 8.97. The van der Waals surface area contributed by atoms with Crippen molar-refractivity contribution in [3.63, 3.8) is 0 Å². The number of carboxylic acid groups (broad SMARTS) is 1. The Morgan fingerprint density at radius 3 is 2.41 bits per heavy atom. The van der Waals surface area contributed by atoms with Gasteiger partial charge in [0.2, 0.25) is 0 Å². The molecule has 5 atom stereocenters. The molecule has 5 unspecified atom stereocenters. The van der Waals surface area contributed by atoms with E-state index in [-0.39, 0.29) is 12.7 Å². The van der Waals surface area contributed by atoms with Crippen molar-refractivity contribution in [3.05, 3.63) is 0 Å². The van der Waals surface area contributed by atoms with Crippen molar-refractivity contribution < 1.29 is 9.90 Å². The molecule has 3 aliphatic rings. The SMILES string of the molecule is CCCCCCC1CCC2NC(N(CC(=O)O)CC(C)C)CC(C3CCC(C)CC3)C2C1. The summed E-state index contributed by atoms with van der Waals surface area (Å²) in [6.45, 7) is 10.2. The van der Waals surface area contributed by atoms with Crippen LogP contribution in [0.15, 0.2) is 0 Å². The van der Waals surface area contributed by atoms with Gasteiger partial charge in [-0.3, -0.25) is 15.0 Å². The number of piperidine rings is 1. The predicted molar refractivity (Wildman–Crippen MR) is 134 cm³/mol. The lowest BCUT2D eigenvalue weighted by atomic mass is 9.61. The summed E-state index contributed by atoms with van der Waals surface area (Å²) >= 11 is 0. The normalized spacial score (nSPS) is 35.8. The molecule has 0 radical (unpaired) electrons. The van der Waals surface area contributed by atoms with Crippen LogP contribution in [0.3, 0.4) is 0 Å². The summed E-state index contributed by atoms with van der Waals surface area (Å²) in [7, 11) is 0. The summed E-state index contributed by atoms with van der Waals surface area (Å²) in [5.41, 5.74) is 0. The maximum absolute atomic E-state index is 11.7. The molecule has 2 aliphatic carbocycles. The quantitative estimate of drug-likeness (QED) is 0.352. The van der Waals surface area contributed by atoms with Crippen LogP contribution in [0.5, 0.6) is 0 Å². The number of carboxylic acids is 1. The van der Waals surface area contributed by atoms with Crippen LogP contribution in [0.25, 0.3) is 0 Å². The lowest BCUT2D eigenvalue weighted by molar-refractivity contribution is -0.140. The Balaban J connectivity index is 1.71. The molecule has 0 bridgehead atoms. The van der Waals surface area contributed by atoms with Crippen molar-refractivity contribution in [1.82, 2.24) is 10.2 Å². The zero-order valence-electron chi connectivity index (χ0n) is 21.5. The van der Waals surface area contributed by atoms with Crippen LogP contribution in [0.4, 0.5) is 0 Å². The van der Waals surface area contributed by atoms with Gasteiger partial charge in [-0.15, -0.1) is 0 Å². The first-order chi connectivity index (χ1) is 15.4. The standard InChI is InChI=1S/C28H52N2O2/c1-5-6-7-8-9-22-12-15-26-25(16-22)24(23-13-10-21(4)11-14-23)17-27(29-26)30(18-20(2)3)19-28(31)32/h20-27,29H,5-19H2,1-4H3,(H,31,32). The molecule has 4 heteroatoms. The zero-order chi connectivity index (χ0) is 23.1. The Bertz CT molecular complexity index is 558. The van der Waals surface area contributed by atoms with Crippen LogP contribution in [0.1, 0.15) is 111 Å². The molecule has 0 aromatic carbocycles. The molecule has 4 nitrogen and oxygen atoms in total. The first kappa shape index (κ1) is 26.0. The fraction of sp³-hybridized carbons (Fsp3) is 0.964. The molecule has 0 aromatic rings. The average Bonchev–Trinajstić information content (AvgIpc) is 2.75. The third kappa shape index (κ3) is 7.45. The summed E-state index contributed by atoms with van der Waals surface area (Å²) in [6, 6.07) is 0.591. The Labute approximate surface area is 198 Å². The lowest BCUT2D eigenvalue weighted by Crippen LogP contribution is -2.61. The maximum Gasteiger partial charge on any atom is 0.317 e. The van der Waals surface area contributed by atoms with E-state index in [1.54, 1.807) is 0 Å². The van der Waals surface area contributed by atoms with Gasteiger partial charge in [-0.2, -0.15) is 0 Å². The van der Waals surface area contributed by atoms with E-state index >= 15 is 0 Å². The molecular weight excluding hydrogens is 396 g/mol. The minimum absolute atomic E-state index is 0.168. The van der Waals surface area contributed by atoms with Crippen molar-refractivity contribution in [2.75, 3.05) is 13.1 Å². The summed E-state index contributed by atoms with van der Waals surface area (Å²) in [6.07, 6.45) is 18.0. The van der Waals surface area contributed by atoms with Crippen molar-refractivity contribution in [1.29, 1.82) is 0 Å². The van der Waals surface area contributed by atoms with Crippen LogP contribution in [-0.4, -0.2) is 41.3 Å². The number of aliphatic carboxylic acids is 1. The zero-order valence-corrected chi connectivity index (χ0v) is 21.5. The van der Waals surface area contributed by atoms with Gasteiger partial charge < -0.3 is 5.11 Å². The second-order valence-corrected chi connectivity index (χ2v) is 12.1. The Morgan fingerprint density at radius 1 is 1.00 bits per heavy atom. The number of unbranched alkanes of at least 4 members (excludes halogenated alkanes) is 3. The maximum atomic E-state index is 11.7. The number of nitrogens with zero attached hydrogens (tertiary/aromatic N) is 1. The summed E-state index contributed by atoms with van der Waals surface area (Å²) in [4.78, 5) is 13.9. The Morgan fingerprint density at radius 2 is 1.75 bits per heavy atom. The number of hydrogen-bond donors (Lipinski definition) is 2. The molecule has 1 aliphatic heterocycles. The fourth-order valence-electron chi connectivity index (χ4n) is 7.30. The molecule has 3 fully saturated rings. The molecule has 1 saturated heterocycles. The topological polar surface area (TPSA) is 52.6 Å². The second kappa shape index (κ2) is 12.7. The van der Waals surface area contributed by atoms with Gasteiger partial charge in [0.1, 0.15) is 0 Å². The highest BCUT2D eigenvalue weighted by Gasteiger charge is 2.45. The van der Waals surface area contributed by atoms with E-state index in [1.165, 1.54) is 77.0 Å². The molecule has 32 heavy (non-hydrogen) atoms. The molecule has 186 valence electrons. The molecule has 0 amide bonds. The van der Waals surface area contributed by atoms with Crippen LogP contribution < -0.4 is 5.32 Å². The summed E-state index contributed by atoms with van der Waals surface area (Å²) in [5.74, 6) is 4.05. The molecule has 1 heterocycles. The number of rotatable bonds is 11. The number of nitrogens with one attached hydrogen (secondary N) is 1. The van der Waals surface area contributed by atoms with E-state index in [0.29, 0.717) is 12.0 Å². The summed E-state index contributed by atoms with van der Waals surface area (Å²) in [5, 5.41) is 13.6. The van der Waals surface area contributed by atoms with Gasteiger partial charge >= 0.3 is 5.97 Å². The van der Waals surface area contributed by atoms with Crippen LogP contribution in [0.2, 0.25) is 0 Å². The van der Waals surface area contributed by atoms with Gasteiger partial charge in [-0.25, -0.2) is 0 Å². The molecule has 0 spiro atoms. The number of carbonyl (C=O) groups is 1. The largest absolute Gasteiger partial charge is 0.480 e. The molecule has 2 saturated carbocycles. The van der Waals surface area contributed by atoms with Gasteiger partial charge in [-0.1, -0.05) is 72.6 Å². The van der Waals surface area contributed by atoms with Gasteiger partial charge in [0.25, 0.3) is 0 Å². The van der Waals surface area contributed by atoms with E-state index < -0.39 is 5.97 Å². The Kier molecular flexibility index (Phi) is 10.4. The molecule has 2 N–H and O–H groups in total. The van der Waals surface area contributed by atoms with Crippen molar-refractivity contribution >= 4 is 5.97 Å². The minimum Gasteiger partial charge on any atom is -0.480 e. The highest BCUT2D eigenvalue weighted by Crippen LogP contribution is 2.47. The first-order valence-electron chi connectivity index (χ1n) is 14.1. The fourth-order valence-corrected chi connectivity index (χ4v) is 7.30. The highest BCUT2D eigenvalue weighted by atomic mass is 16.4. The van der Waals surface area contributed by atoms with Crippen molar-refractivity contribution in [3.8, 4) is 0 Å². The van der Waals surface area contributed by atoms with E-state index in [0.717, 1.165) is 42.6 Å². The first-order valence-corrected chi connectivity index (χ1v) is 14.1. The monoisotopic (exact) mass is 448 g/mol. The highest BCUT2D eigenvalue weighted by molar-refractivity contribution is 5.69. The van der Waals surface area contributed by atoms with Crippen molar-refractivity contribution in [2.24, 2.45) is 35.5 Å². The van der Waals surface area contributed by atoms with E-state index in [2.05, 4.69) is 37.9 Å². The van der Waals surface area contributed by atoms with Crippen molar-refractivity contribution in [2.45, 2.75) is 123 Å².